The summed E-state index contributed by atoms with van der Waals surface area (Å²) in [4.78, 5) is 31.1. The monoisotopic (exact) mass is 636 g/mol. The predicted octanol–water partition coefficient (Wildman–Crippen LogP) is 9.28. The number of nitrogens with zero attached hydrogens (tertiary/aromatic N) is 2. The number of carbonyl (C=O) groups excluding carboxylic acids is 2. The van der Waals surface area contributed by atoms with Gasteiger partial charge in [-0.05, 0) is 105 Å². The molecule has 242 valence electrons. The summed E-state index contributed by atoms with van der Waals surface area (Å²) in [5.41, 5.74) is -2.63. The number of aromatic nitrogens is 1. The van der Waals surface area contributed by atoms with Gasteiger partial charge in [-0.1, -0.05) is 13.0 Å². The maximum absolute atomic E-state index is 14.1. The minimum atomic E-state index is -5.07. The molecule has 1 fully saturated rings. The molecule has 4 rings (SSSR count). The molecule has 45 heavy (non-hydrogen) atoms. The third-order valence-electron chi connectivity index (χ3n) is 9.04. The van der Waals surface area contributed by atoms with Crippen LogP contribution in [-0.2, 0) is 27.4 Å². The van der Waals surface area contributed by atoms with Gasteiger partial charge in [0.2, 0.25) is 5.91 Å². The van der Waals surface area contributed by atoms with Gasteiger partial charge in [0.15, 0.2) is 0 Å². The largest absolute Gasteiger partial charge is 0.416 e. The maximum atomic E-state index is 14.1. The van der Waals surface area contributed by atoms with E-state index >= 15 is 0 Å². The summed E-state index contributed by atoms with van der Waals surface area (Å²) < 4.78 is 95.7. The van der Waals surface area contributed by atoms with E-state index in [0.29, 0.717) is 28.8 Å². The summed E-state index contributed by atoms with van der Waals surface area (Å²) in [7, 11) is 1.38. The van der Waals surface area contributed by atoms with E-state index in [-0.39, 0.29) is 29.5 Å². The number of hydrogen-bond donors (Lipinski definition) is 0. The van der Waals surface area contributed by atoms with Crippen molar-refractivity contribution in [3.63, 3.8) is 0 Å². The Morgan fingerprint density at radius 1 is 0.889 bits per heavy atom. The van der Waals surface area contributed by atoms with Gasteiger partial charge in [-0.15, -0.1) is 0 Å². The molecular formula is C34H35F7N2O2. The smallest absolute Gasteiger partial charge is 0.313 e. The third-order valence-corrected chi connectivity index (χ3v) is 9.04. The molecule has 1 unspecified atom stereocenters. The molecule has 0 saturated heterocycles. The van der Waals surface area contributed by atoms with Crippen molar-refractivity contribution in [1.29, 1.82) is 0 Å². The molecular weight excluding hydrogens is 601 g/mol. The summed E-state index contributed by atoms with van der Waals surface area (Å²) in [6.45, 7) is 6.13. The van der Waals surface area contributed by atoms with E-state index in [1.54, 1.807) is 13.0 Å². The molecule has 0 aliphatic heterocycles. The van der Waals surface area contributed by atoms with Crippen LogP contribution in [0.25, 0.3) is 11.1 Å². The van der Waals surface area contributed by atoms with Crippen LogP contribution in [-0.4, -0.2) is 24.2 Å². The number of hydrogen-bond acceptors (Lipinski definition) is 3. The molecule has 0 radical (unpaired) electrons. The van der Waals surface area contributed by atoms with Crippen molar-refractivity contribution in [2.24, 2.45) is 11.8 Å². The molecule has 2 aromatic carbocycles. The molecule has 1 heterocycles. The van der Waals surface area contributed by atoms with Crippen LogP contribution in [0.4, 0.5) is 36.4 Å². The highest BCUT2D eigenvalue weighted by molar-refractivity contribution is 6.03. The Morgan fingerprint density at radius 3 is 1.96 bits per heavy atom. The molecule has 4 nitrogen and oxygen atoms in total. The zero-order valence-corrected chi connectivity index (χ0v) is 25.6. The molecule has 0 N–H and O–H groups in total. The number of alkyl halides is 6. The van der Waals surface area contributed by atoms with Crippen molar-refractivity contribution in [3.05, 3.63) is 82.4 Å². The molecule has 1 atom stereocenters. The average molecular weight is 637 g/mol. The van der Waals surface area contributed by atoms with Gasteiger partial charge in [-0.3, -0.25) is 9.78 Å². The number of aryl methyl sites for hydroxylation is 1. The molecule has 1 aromatic heterocycles. The van der Waals surface area contributed by atoms with Gasteiger partial charge in [0.1, 0.15) is 12.1 Å². The SMILES string of the molecule is Cc1cc(F)ccc1-c1cc(C2CCC(C(C)C=O)CC2)ncc1N(C)C(=O)C(C)(C)c1cc(C(F)(F)F)cc(C(F)(F)F)c1. The molecule has 1 saturated carbocycles. The Hall–Kier alpha value is -3.76. The third kappa shape index (κ3) is 7.23. The number of likely N-dealkylation sites (N-methyl/N-ethyl adjacent to an activating group) is 1. The standard InChI is InChI=1S/C34H35F7N2O2/c1-19-12-26(35)10-11-27(19)28-16-29(22-8-6-21(7-9-22)20(2)18-44)42-17-30(28)43(5)31(45)32(3,4)23-13-24(33(36,37)38)15-25(14-23)34(39,40)41/h10-18,20-22H,6-9H2,1-5H3. The summed E-state index contributed by atoms with van der Waals surface area (Å²) >= 11 is 0. The topological polar surface area (TPSA) is 50.3 Å². The summed E-state index contributed by atoms with van der Waals surface area (Å²) in [5, 5.41) is 0. The molecule has 1 aliphatic rings. The van der Waals surface area contributed by atoms with Crippen molar-refractivity contribution in [2.45, 2.75) is 77.1 Å². The van der Waals surface area contributed by atoms with Gasteiger partial charge in [0, 0.05) is 30.1 Å². The van der Waals surface area contributed by atoms with Gasteiger partial charge in [0.05, 0.1) is 28.4 Å². The van der Waals surface area contributed by atoms with Gasteiger partial charge in [-0.2, -0.15) is 26.3 Å². The zero-order valence-electron chi connectivity index (χ0n) is 25.6. The van der Waals surface area contributed by atoms with E-state index < -0.39 is 46.2 Å². The van der Waals surface area contributed by atoms with Crippen LogP contribution in [0.2, 0.25) is 0 Å². The van der Waals surface area contributed by atoms with E-state index in [9.17, 15) is 40.3 Å². The van der Waals surface area contributed by atoms with Crippen molar-refractivity contribution >= 4 is 17.9 Å². The highest BCUT2D eigenvalue weighted by Gasteiger charge is 2.41. The number of anilines is 1. The Bertz CT molecular complexity index is 1540. The number of benzene rings is 2. The maximum Gasteiger partial charge on any atom is 0.416 e. The summed E-state index contributed by atoms with van der Waals surface area (Å²) in [5.74, 6) is -0.946. The minimum absolute atomic E-state index is 0.0267. The quantitative estimate of drug-likeness (QED) is 0.192. The van der Waals surface area contributed by atoms with E-state index in [2.05, 4.69) is 4.98 Å². The highest BCUT2D eigenvalue weighted by Crippen LogP contribution is 2.43. The first-order valence-corrected chi connectivity index (χ1v) is 14.6. The summed E-state index contributed by atoms with van der Waals surface area (Å²) in [6, 6.07) is 7.13. The zero-order chi connectivity index (χ0) is 33.5. The molecule has 1 aliphatic carbocycles. The van der Waals surface area contributed by atoms with E-state index in [0.717, 1.165) is 37.7 Å². The van der Waals surface area contributed by atoms with Crippen LogP contribution in [0.1, 0.15) is 80.3 Å². The Morgan fingerprint density at radius 2 is 1.44 bits per heavy atom. The van der Waals surface area contributed by atoms with Crippen LogP contribution in [0.3, 0.4) is 0 Å². The number of pyridine rings is 1. The van der Waals surface area contributed by atoms with Crippen molar-refractivity contribution in [2.75, 3.05) is 11.9 Å². The van der Waals surface area contributed by atoms with Gasteiger partial charge >= 0.3 is 12.4 Å². The average Bonchev–Trinajstić information content (AvgIpc) is 2.98. The number of halogens is 7. The highest BCUT2D eigenvalue weighted by atomic mass is 19.4. The van der Waals surface area contributed by atoms with Crippen LogP contribution < -0.4 is 4.90 Å². The number of carbonyl (C=O) groups is 2. The fraction of sp³-hybridized carbons (Fsp3) is 0.441. The second kappa shape index (κ2) is 12.6. The van der Waals surface area contributed by atoms with E-state index in [4.69, 9.17) is 0 Å². The van der Waals surface area contributed by atoms with Crippen LogP contribution in [0.5, 0.6) is 0 Å². The first kappa shape index (κ1) is 34.1. The molecule has 11 heteroatoms. The second-order valence-corrected chi connectivity index (χ2v) is 12.5. The molecule has 3 aromatic rings. The minimum Gasteiger partial charge on any atom is -0.313 e. The molecule has 0 bridgehead atoms. The number of rotatable bonds is 7. The van der Waals surface area contributed by atoms with Crippen molar-refractivity contribution in [1.82, 2.24) is 4.98 Å². The Labute approximate surface area is 257 Å². The fourth-order valence-electron chi connectivity index (χ4n) is 6.12. The van der Waals surface area contributed by atoms with E-state index in [1.165, 1.54) is 44.1 Å². The van der Waals surface area contributed by atoms with Crippen LogP contribution in [0, 0.1) is 24.6 Å². The lowest BCUT2D eigenvalue weighted by atomic mass is 9.75. The first-order valence-electron chi connectivity index (χ1n) is 14.6. The van der Waals surface area contributed by atoms with Crippen molar-refractivity contribution in [3.8, 4) is 11.1 Å². The van der Waals surface area contributed by atoms with Gasteiger partial charge in [0.25, 0.3) is 0 Å². The van der Waals surface area contributed by atoms with Crippen molar-refractivity contribution < 1.29 is 40.3 Å². The van der Waals surface area contributed by atoms with Crippen LogP contribution >= 0.6 is 0 Å². The number of aldehydes is 1. The fourth-order valence-corrected chi connectivity index (χ4v) is 6.12. The molecule has 0 spiro atoms. The normalized spacial score (nSPS) is 18.4. The second-order valence-electron chi connectivity index (χ2n) is 12.5. The van der Waals surface area contributed by atoms with Gasteiger partial charge in [-0.25, -0.2) is 4.39 Å². The Kier molecular flexibility index (Phi) is 9.52. The predicted molar refractivity (Wildman–Crippen MR) is 157 cm³/mol. The summed E-state index contributed by atoms with van der Waals surface area (Å²) in [6.07, 6.45) is -4.46. The van der Waals surface area contributed by atoms with Crippen LogP contribution in [0.15, 0.2) is 48.7 Å². The van der Waals surface area contributed by atoms with Gasteiger partial charge < -0.3 is 9.69 Å². The number of amides is 1. The van der Waals surface area contributed by atoms with E-state index in [1.807, 2.05) is 13.0 Å². The lowest BCUT2D eigenvalue weighted by Crippen LogP contribution is -2.42. The lowest BCUT2D eigenvalue weighted by molar-refractivity contribution is -0.143. The first-order chi connectivity index (χ1) is 20.8. The molecule has 1 amide bonds. The lowest BCUT2D eigenvalue weighted by Gasteiger charge is -2.33. The Balaban J connectivity index is 1.77.